The Morgan fingerprint density at radius 3 is 2.40 bits per heavy atom. The Balaban J connectivity index is 1.75. The largest absolute Gasteiger partial charge is 0.477 e. The van der Waals surface area contributed by atoms with Gasteiger partial charge in [-0.05, 0) is 58.4 Å². The number of hydrogen-bond donors (Lipinski definition) is 1. The molecule has 0 bridgehead atoms. The molecule has 42 heavy (non-hydrogen) atoms. The molecule has 216 valence electrons. The van der Waals surface area contributed by atoms with E-state index in [0.717, 1.165) is 16.7 Å². The van der Waals surface area contributed by atoms with Gasteiger partial charge >= 0.3 is 12.1 Å². The number of hydrogen-bond acceptors (Lipinski definition) is 6. The molecule has 2 aromatic carbocycles. The van der Waals surface area contributed by atoms with E-state index in [1.165, 1.54) is 36.6 Å². The number of Topliss-reactive ketones (excluding diaryl/α,β-unsaturated/α-hetero) is 1. The number of carboxylic acids is 1. The van der Waals surface area contributed by atoms with Crippen molar-refractivity contribution in [1.82, 2.24) is 14.1 Å². The lowest BCUT2D eigenvalue weighted by Crippen LogP contribution is -2.35. The first-order valence-corrected chi connectivity index (χ1v) is 13.1. The van der Waals surface area contributed by atoms with Crippen molar-refractivity contribution in [3.8, 4) is 0 Å². The summed E-state index contributed by atoms with van der Waals surface area (Å²) in [5.74, 6) is -3.15. The molecule has 2 aromatic heterocycles. The molecule has 2 heterocycles. The maximum absolute atomic E-state index is 15.5. The van der Waals surface area contributed by atoms with Crippen LogP contribution < -0.4 is 5.56 Å². The fourth-order valence-electron chi connectivity index (χ4n) is 5.08. The minimum atomic E-state index is -1.41. The van der Waals surface area contributed by atoms with Crippen molar-refractivity contribution < 1.29 is 33.0 Å². The summed E-state index contributed by atoms with van der Waals surface area (Å²) >= 11 is 0. The van der Waals surface area contributed by atoms with E-state index in [9.17, 15) is 28.7 Å². The smallest absolute Gasteiger partial charge is 0.422 e. The molecule has 4 aromatic rings. The van der Waals surface area contributed by atoms with Crippen LogP contribution in [0, 0.1) is 25.5 Å². The van der Waals surface area contributed by atoms with E-state index in [2.05, 4.69) is 4.98 Å². The number of allylic oxidation sites excluding steroid dienone is 4. The first kappa shape index (κ1) is 28.6. The number of carbonyl (C=O) groups excluding carboxylic acids is 2. The second-order valence-electron chi connectivity index (χ2n) is 11.1. The molecule has 0 unspecified atom stereocenters. The summed E-state index contributed by atoms with van der Waals surface area (Å²) in [6.45, 7) is 7.41. The number of fused-ring (bicyclic) bond motifs is 2. The minimum absolute atomic E-state index is 0.00609. The van der Waals surface area contributed by atoms with Crippen LogP contribution in [0.5, 0.6) is 0 Å². The summed E-state index contributed by atoms with van der Waals surface area (Å²) in [7, 11) is 0. The topological polar surface area (TPSA) is 120 Å². The van der Waals surface area contributed by atoms with Crippen LogP contribution in [0.25, 0.3) is 27.4 Å². The van der Waals surface area contributed by atoms with Gasteiger partial charge in [0.15, 0.2) is 5.78 Å². The number of ether oxygens (including phenoxy) is 1. The van der Waals surface area contributed by atoms with Crippen molar-refractivity contribution in [2.75, 3.05) is 0 Å². The second kappa shape index (κ2) is 10.2. The van der Waals surface area contributed by atoms with Gasteiger partial charge in [-0.1, -0.05) is 18.2 Å². The summed E-state index contributed by atoms with van der Waals surface area (Å²) in [4.78, 5) is 55.9. The standard InChI is InChI=1S/C31H27F2N3O6/c1-15-10-20-24(13-21(15)32)35(27(29(39)40)26(20)18-8-6-7-9-25(18)37)14-17-11-19-23(12-22(17)33)34-16(2)36(28(19)38)30(41)42-31(3,4)5/h6-8,10-13H,9,14H2,1-5H3,(H,39,40). The highest BCUT2D eigenvalue weighted by molar-refractivity contribution is 6.27. The average molecular weight is 576 g/mol. The number of nitrogens with zero attached hydrogens (tertiary/aromatic N) is 3. The number of aryl methyl sites for hydroxylation is 2. The van der Waals surface area contributed by atoms with Crippen LogP contribution in [0.4, 0.5) is 13.6 Å². The van der Waals surface area contributed by atoms with Gasteiger partial charge in [0.05, 0.1) is 23.0 Å². The molecule has 1 N–H and O–H groups in total. The zero-order valence-electron chi connectivity index (χ0n) is 23.5. The van der Waals surface area contributed by atoms with Gasteiger partial charge in [0.1, 0.15) is 28.8 Å². The first-order valence-electron chi connectivity index (χ1n) is 13.1. The maximum Gasteiger partial charge on any atom is 0.422 e. The molecule has 0 fully saturated rings. The molecule has 0 amide bonds. The molecule has 0 atom stereocenters. The predicted octanol–water partition coefficient (Wildman–Crippen LogP) is 5.69. The van der Waals surface area contributed by atoms with Crippen molar-refractivity contribution in [1.29, 1.82) is 0 Å². The molecule has 9 nitrogen and oxygen atoms in total. The summed E-state index contributed by atoms with van der Waals surface area (Å²) in [6, 6.07) is 4.81. The molecule has 0 saturated heterocycles. The Morgan fingerprint density at radius 2 is 1.76 bits per heavy atom. The lowest BCUT2D eigenvalue weighted by molar-refractivity contribution is -0.113. The number of aromatic carboxylic acids is 1. The molecular weight excluding hydrogens is 548 g/mol. The summed E-state index contributed by atoms with van der Waals surface area (Å²) in [5.41, 5.74) is -1.55. The molecule has 1 aliphatic carbocycles. The number of benzene rings is 2. The van der Waals surface area contributed by atoms with Gasteiger partial charge in [-0.2, -0.15) is 4.57 Å². The average Bonchev–Trinajstić information content (AvgIpc) is 3.17. The van der Waals surface area contributed by atoms with Crippen molar-refractivity contribution >= 4 is 45.2 Å². The third-order valence-electron chi connectivity index (χ3n) is 6.93. The van der Waals surface area contributed by atoms with Crippen LogP contribution in [0.3, 0.4) is 0 Å². The molecule has 0 spiro atoms. The van der Waals surface area contributed by atoms with Gasteiger partial charge < -0.3 is 14.4 Å². The van der Waals surface area contributed by atoms with Gasteiger partial charge in [0, 0.05) is 34.6 Å². The number of rotatable bonds is 4. The van der Waals surface area contributed by atoms with E-state index >= 15 is 4.39 Å². The van der Waals surface area contributed by atoms with E-state index in [1.807, 2.05) is 0 Å². The highest BCUT2D eigenvalue weighted by Gasteiger charge is 2.29. The van der Waals surface area contributed by atoms with E-state index in [4.69, 9.17) is 4.74 Å². The Kier molecular flexibility index (Phi) is 6.92. The first-order chi connectivity index (χ1) is 19.7. The van der Waals surface area contributed by atoms with Gasteiger partial charge in [-0.15, -0.1) is 0 Å². The number of ketones is 1. The Bertz CT molecular complexity index is 1980. The Morgan fingerprint density at radius 1 is 1.05 bits per heavy atom. The van der Waals surface area contributed by atoms with Crippen molar-refractivity contribution in [2.45, 2.75) is 53.2 Å². The Labute approximate surface area is 238 Å². The normalized spacial score (nSPS) is 13.6. The second-order valence-corrected chi connectivity index (χ2v) is 11.1. The third kappa shape index (κ3) is 4.91. The van der Waals surface area contributed by atoms with Crippen LogP contribution in [-0.2, 0) is 16.1 Å². The molecule has 5 rings (SSSR count). The van der Waals surface area contributed by atoms with Gasteiger partial charge in [0.2, 0.25) is 0 Å². The summed E-state index contributed by atoms with van der Waals surface area (Å²) in [6.07, 6.45) is 3.88. The lowest BCUT2D eigenvalue weighted by atomic mass is 9.93. The number of halogens is 2. The SMILES string of the molecule is Cc1cc2c(C3=CC=CCC3=O)c(C(=O)O)n(Cc3cc4c(=O)n(C(=O)OC(C)(C)C)c(C)nc4cc3F)c2cc1F. The van der Waals surface area contributed by atoms with Crippen molar-refractivity contribution in [2.24, 2.45) is 0 Å². The number of carbonyl (C=O) groups is 3. The molecule has 11 heteroatoms. The van der Waals surface area contributed by atoms with E-state index in [-0.39, 0.29) is 62.4 Å². The quantitative estimate of drug-likeness (QED) is 0.332. The fraction of sp³-hybridized carbons (Fsp3) is 0.258. The van der Waals surface area contributed by atoms with Crippen LogP contribution in [-0.4, -0.2) is 42.7 Å². The van der Waals surface area contributed by atoms with Crippen LogP contribution in [0.15, 0.2) is 47.3 Å². The number of carboxylic acid groups (broad SMARTS) is 1. The predicted molar refractivity (Wildman–Crippen MR) is 152 cm³/mol. The maximum atomic E-state index is 15.5. The van der Waals surface area contributed by atoms with Gasteiger partial charge in [-0.3, -0.25) is 9.59 Å². The van der Waals surface area contributed by atoms with Crippen LogP contribution in [0.1, 0.15) is 60.2 Å². The zero-order valence-corrected chi connectivity index (χ0v) is 23.5. The van der Waals surface area contributed by atoms with Crippen molar-refractivity contribution in [3.05, 3.63) is 92.7 Å². The minimum Gasteiger partial charge on any atom is -0.477 e. The number of aromatic nitrogens is 3. The highest BCUT2D eigenvalue weighted by Crippen LogP contribution is 2.36. The van der Waals surface area contributed by atoms with Crippen LogP contribution in [0.2, 0.25) is 0 Å². The van der Waals surface area contributed by atoms with Crippen molar-refractivity contribution in [3.63, 3.8) is 0 Å². The Hall–Kier alpha value is -4.93. The van der Waals surface area contributed by atoms with Crippen LogP contribution >= 0.6 is 0 Å². The molecule has 0 aliphatic heterocycles. The molecule has 0 radical (unpaired) electrons. The molecular formula is C31H27F2N3O6. The van der Waals surface area contributed by atoms with Gasteiger partial charge in [-0.25, -0.2) is 23.4 Å². The van der Waals surface area contributed by atoms with E-state index < -0.39 is 41.4 Å². The fourth-order valence-corrected chi connectivity index (χ4v) is 5.08. The van der Waals surface area contributed by atoms with E-state index in [0.29, 0.717) is 5.39 Å². The highest BCUT2D eigenvalue weighted by atomic mass is 19.1. The lowest BCUT2D eigenvalue weighted by Gasteiger charge is -2.20. The molecule has 0 saturated carbocycles. The molecule has 1 aliphatic rings. The summed E-state index contributed by atoms with van der Waals surface area (Å²) in [5, 5.41) is 10.5. The summed E-state index contributed by atoms with van der Waals surface area (Å²) < 4.78 is 37.6. The monoisotopic (exact) mass is 575 g/mol. The van der Waals surface area contributed by atoms with Gasteiger partial charge in [0.25, 0.3) is 5.56 Å². The van der Waals surface area contributed by atoms with E-state index in [1.54, 1.807) is 32.9 Å². The third-order valence-corrected chi connectivity index (χ3v) is 6.93. The zero-order chi connectivity index (χ0) is 30.7.